The molecule has 0 aliphatic carbocycles. The molecule has 0 atom stereocenters. The van der Waals surface area contributed by atoms with Crippen molar-refractivity contribution in [2.75, 3.05) is 26.9 Å². The smallest absolute Gasteiger partial charge is 0.127 e. The highest BCUT2D eigenvalue weighted by Gasteiger charge is 1.95. The molecule has 14 heavy (non-hydrogen) atoms. The molecular formula is C11H15O3. The molecule has 0 N–H and O–H groups in total. The Balaban J connectivity index is 2.38. The second kappa shape index (κ2) is 6.27. The first-order valence-corrected chi connectivity index (χ1v) is 4.63. The number of ether oxygens (including phenoxy) is 3. The van der Waals surface area contributed by atoms with Gasteiger partial charge in [0.25, 0.3) is 0 Å². The lowest BCUT2D eigenvalue weighted by molar-refractivity contribution is 0.146. The summed E-state index contributed by atoms with van der Waals surface area (Å²) >= 11 is 0. The standard InChI is InChI=1S/C11H15O3/c1-3-13-10-4-6-11(7-5-10)14-9-8-12-2/h4-6H,3,8-9H2,1-2H3. The summed E-state index contributed by atoms with van der Waals surface area (Å²) in [7, 11) is 1.64. The molecule has 3 heteroatoms. The molecule has 1 aromatic rings. The summed E-state index contributed by atoms with van der Waals surface area (Å²) in [5.41, 5.74) is 0. The maximum absolute atomic E-state index is 5.34. The molecule has 1 rings (SSSR count). The van der Waals surface area contributed by atoms with Gasteiger partial charge in [-0.05, 0) is 25.1 Å². The van der Waals surface area contributed by atoms with Gasteiger partial charge in [-0.25, -0.2) is 0 Å². The van der Waals surface area contributed by atoms with Gasteiger partial charge in [-0.1, -0.05) is 0 Å². The molecule has 0 heterocycles. The molecule has 0 aromatic heterocycles. The van der Waals surface area contributed by atoms with E-state index in [1.165, 1.54) is 0 Å². The van der Waals surface area contributed by atoms with Crippen molar-refractivity contribution in [3.63, 3.8) is 0 Å². The first kappa shape index (κ1) is 10.9. The van der Waals surface area contributed by atoms with Crippen LogP contribution in [0.5, 0.6) is 11.5 Å². The normalized spacial score (nSPS) is 9.86. The van der Waals surface area contributed by atoms with Gasteiger partial charge in [0.1, 0.15) is 18.1 Å². The van der Waals surface area contributed by atoms with Gasteiger partial charge < -0.3 is 14.2 Å². The topological polar surface area (TPSA) is 27.7 Å². The predicted octanol–water partition coefficient (Wildman–Crippen LogP) is 1.91. The van der Waals surface area contributed by atoms with Crippen molar-refractivity contribution in [2.24, 2.45) is 0 Å². The Morgan fingerprint density at radius 1 is 1.21 bits per heavy atom. The summed E-state index contributed by atoms with van der Waals surface area (Å²) in [5, 5.41) is 0. The molecule has 0 fully saturated rings. The molecule has 0 unspecified atom stereocenters. The third-order valence-electron chi connectivity index (χ3n) is 1.61. The first-order chi connectivity index (χ1) is 6.86. The predicted molar refractivity (Wildman–Crippen MR) is 53.8 cm³/mol. The van der Waals surface area contributed by atoms with E-state index in [1.807, 2.05) is 19.1 Å². The molecule has 0 bridgehead atoms. The number of hydrogen-bond acceptors (Lipinski definition) is 3. The van der Waals surface area contributed by atoms with Gasteiger partial charge in [-0.15, -0.1) is 0 Å². The van der Waals surface area contributed by atoms with E-state index < -0.39 is 0 Å². The Morgan fingerprint density at radius 2 is 2.07 bits per heavy atom. The van der Waals surface area contributed by atoms with Gasteiger partial charge in [0.2, 0.25) is 0 Å². The Bertz CT molecular complexity index is 243. The molecule has 0 aliphatic rings. The summed E-state index contributed by atoms with van der Waals surface area (Å²) in [6.45, 7) is 3.74. The van der Waals surface area contributed by atoms with E-state index in [0.29, 0.717) is 25.6 Å². The summed E-state index contributed by atoms with van der Waals surface area (Å²) in [5.74, 6) is 1.53. The third-order valence-corrected chi connectivity index (χ3v) is 1.61. The van der Waals surface area contributed by atoms with E-state index in [4.69, 9.17) is 14.2 Å². The SMILES string of the molecule is CCOc1c[c]c(OCCOC)cc1. The molecule has 3 nitrogen and oxygen atoms in total. The average Bonchev–Trinajstić information content (AvgIpc) is 2.21. The summed E-state index contributed by atoms with van der Waals surface area (Å²) in [6.07, 6.45) is 0. The van der Waals surface area contributed by atoms with Crippen LogP contribution >= 0.6 is 0 Å². The quantitative estimate of drug-likeness (QED) is 0.649. The van der Waals surface area contributed by atoms with E-state index >= 15 is 0 Å². The Hall–Kier alpha value is -1.22. The highest BCUT2D eigenvalue weighted by Crippen LogP contribution is 2.16. The lowest BCUT2D eigenvalue weighted by atomic mass is 10.3. The monoisotopic (exact) mass is 195 g/mol. The van der Waals surface area contributed by atoms with E-state index in [2.05, 4.69) is 6.07 Å². The van der Waals surface area contributed by atoms with Crippen LogP contribution < -0.4 is 9.47 Å². The number of benzene rings is 1. The van der Waals surface area contributed by atoms with Gasteiger partial charge in [-0.3, -0.25) is 0 Å². The van der Waals surface area contributed by atoms with Gasteiger partial charge in [0.15, 0.2) is 0 Å². The molecule has 1 aromatic carbocycles. The van der Waals surface area contributed by atoms with Crippen LogP contribution in [0.25, 0.3) is 0 Å². The van der Waals surface area contributed by atoms with E-state index in [1.54, 1.807) is 13.2 Å². The maximum Gasteiger partial charge on any atom is 0.127 e. The average molecular weight is 195 g/mol. The summed E-state index contributed by atoms with van der Waals surface area (Å²) in [4.78, 5) is 0. The number of hydrogen-bond donors (Lipinski definition) is 0. The van der Waals surface area contributed by atoms with Crippen molar-refractivity contribution in [2.45, 2.75) is 6.92 Å². The first-order valence-electron chi connectivity index (χ1n) is 4.63. The van der Waals surface area contributed by atoms with Crippen LogP contribution in [0.15, 0.2) is 18.2 Å². The second-order valence-electron chi connectivity index (χ2n) is 2.66. The summed E-state index contributed by atoms with van der Waals surface area (Å²) < 4.78 is 15.5. The van der Waals surface area contributed by atoms with Crippen LogP contribution in [0.1, 0.15) is 6.92 Å². The highest BCUT2D eigenvalue weighted by atomic mass is 16.5. The molecular weight excluding hydrogens is 180 g/mol. The summed E-state index contributed by atoms with van der Waals surface area (Å²) in [6, 6.07) is 8.44. The maximum atomic E-state index is 5.34. The number of rotatable bonds is 6. The zero-order valence-electron chi connectivity index (χ0n) is 8.58. The van der Waals surface area contributed by atoms with Crippen molar-refractivity contribution in [1.82, 2.24) is 0 Å². The fourth-order valence-corrected chi connectivity index (χ4v) is 0.977. The fourth-order valence-electron chi connectivity index (χ4n) is 0.977. The van der Waals surface area contributed by atoms with Crippen LogP contribution in [-0.2, 0) is 4.74 Å². The van der Waals surface area contributed by atoms with E-state index in [9.17, 15) is 0 Å². The van der Waals surface area contributed by atoms with Gasteiger partial charge in [0.05, 0.1) is 13.2 Å². The lowest BCUT2D eigenvalue weighted by Crippen LogP contribution is -2.04. The molecule has 0 aliphatic heterocycles. The van der Waals surface area contributed by atoms with Crippen LogP contribution in [-0.4, -0.2) is 26.9 Å². The minimum absolute atomic E-state index is 0.543. The zero-order valence-corrected chi connectivity index (χ0v) is 8.58. The fraction of sp³-hybridized carbons (Fsp3) is 0.455. The Labute approximate surface area is 84.6 Å². The largest absolute Gasteiger partial charge is 0.494 e. The van der Waals surface area contributed by atoms with E-state index in [-0.39, 0.29) is 0 Å². The van der Waals surface area contributed by atoms with Crippen LogP contribution in [0.4, 0.5) is 0 Å². The van der Waals surface area contributed by atoms with E-state index in [0.717, 1.165) is 5.75 Å². The minimum Gasteiger partial charge on any atom is -0.494 e. The van der Waals surface area contributed by atoms with Crippen LogP contribution in [0.2, 0.25) is 0 Å². The van der Waals surface area contributed by atoms with Crippen LogP contribution in [0, 0.1) is 6.07 Å². The van der Waals surface area contributed by atoms with Crippen molar-refractivity contribution >= 4 is 0 Å². The second-order valence-corrected chi connectivity index (χ2v) is 2.66. The Morgan fingerprint density at radius 3 is 2.64 bits per heavy atom. The Kier molecular flexibility index (Phi) is 4.86. The molecule has 0 spiro atoms. The van der Waals surface area contributed by atoms with Crippen molar-refractivity contribution < 1.29 is 14.2 Å². The molecule has 0 amide bonds. The third kappa shape index (κ3) is 3.66. The van der Waals surface area contributed by atoms with Crippen molar-refractivity contribution in [1.29, 1.82) is 0 Å². The molecule has 1 radical (unpaired) electrons. The van der Waals surface area contributed by atoms with Gasteiger partial charge in [-0.2, -0.15) is 0 Å². The molecule has 77 valence electrons. The van der Waals surface area contributed by atoms with Crippen LogP contribution in [0.3, 0.4) is 0 Å². The highest BCUT2D eigenvalue weighted by molar-refractivity contribution is 5.29. The lowest BCUT2D eigenvalue weighted by Gasteiger charge is -2.06. The van der Waals surface area contributed by atoms with Gasteiger partial charge in [0, 0.05) is 13.2 Å². The van der Waals surface area contributed by atoms with Gasteiger partial charge >= 0.3 is 0 Å². The zero-order chi connectivity index (χ0) is 10.2. The minimum atomic E-state index is 0.543. The number of methoxy groups -OCH3 is 1. The molecule has 0 saturated heterocycles. The van der Waals surface area contributed by atoms with Crippen molar-refractivity contribution in [3.8, 4) is 11.5 Å². The van der Waals surface area contributed by atoms with Crippen molar-refractivity contribution in [3.05, 3.63) is 24.3 Å². The molecule has 0 saturated carbocycles.